The number of benzene rings is 2. The van der Waals surface area contributed by atoms with Gasteiger partial charge < -0.3 is 14.8 Å². The molecule has 0 fully saturated rings. The fraction of sp³-hybridized carbons (Fsp3) is 0.176. The van der Waals surface area contributed by atoms with Crippen LogP contribution < -0.4 is 20.2 Å². The van der Waals surface area contributed by atoms with Gasteiger partial charge in [0.05, 0.1) is 29.9 Å². The lowest BCUT2D eigenvalue weighted by Crippen LogP contribution is -2.24. The van der Waals surface area contributed by atoms with Crippen LogP contribution in [-0.2, 0) is 0 Å². The number of hydrazone groups is 1. The Morgan fingerprint density at radius 2 is 2.15 bits per heavy atom. The first kappa shape index (κ1) is 20.4. The van der Waals surface area contributed by atoms with E-state index in [9.17, 15) is 10.1 Å². The summed E-state index contributed by atoms with van der Waals surface area (Å²) in [7, 11) is 1.51. The maximum atomic E-state index is 11.0. The molecule has 0 amide bonds. The van der Waals surface area contributed by atoms with Crippen LogP contribution in [-0.4, -0.2) is 30.0 Å². The molecule has 2 N–H and O–H groups in total. The number of anilines is 1. The topological polar surface area (TPSA) is 98.0 Å². The van der Waals surface area contributed by atoms with Crippen molar-refractivity contribution in [2.24, 2.45) is 5.10 Å². The van der Waals surface area contributed by atoms with Crippen LogP contribution in [0.1, 0.15) is 12.5 Å². The first-order valence-electron chi connectivity index (χ1n) is 7.80. The van der Waals surface area contributed by atoms with Gasteiger partial charge >= 0.3 is 0 Å². The molecule has 2 aromatic carbocycles. The van der Waals surface area contributed by atoms with Crippen molar-refractivity contribution in [3.05, 3.63) is 57.1 Å². The highest BCUT2D eigenvalue weighted by Gasteiger charge is 2.13. The van der Waals surface area contributed by atoms with Gasteiger partial charge in [0.25, 0.3) is 5.69 Å². The quantitative estimate of drug-likeness (QED) is 0.309. The Bertz CT molecular complexity index is 876. The van der Waals surface area contributed by atoms with E-state index in [-0.39, 0.29) is 16.5 Å². The number of hydrogen-bond donors (Lipinski definition) is 2. The summed E-state index contributed by atoms with van der Waals surface area (Å²) in [5.41, 5.74) is 3.42. The third-order valence-electron chi connectivity index (χ3n) is 3.27. The number of nitro groups is 1. The molecular weight excluding hydrogens is 392 g/mol. The average Bonchev–Trinajstić information content (AvgIpc) is 2.64. The van der Waals surface area contributed by atoms with Crippen LogP contribution in [0.15, 0.2) is 41.5 Å². The van der Waals surface area contributed by atoms with E-state index >= 15 is 0 Å². The van der Waals surface area contributed by atoms with Gasteiger partial charge in [0, 0.05) is 6.07 Å². The molecule has 0 saturated heterocycles. The van der Waals surface area contributed by atoms with Gasteiger partial charge in [-0.1, -0.05) is 23.7 Å². The van der Waals surface area contributed by atoms with Crippen LogP contribution in [0.4, 0.5) is 11.4 Å². The van der Waals surface area contributed by atoms with Crippen molar-refractivity contribution in [2.75, 3.05) is 19.0 Å². The van der Waals surface area contributed by atoms with Crippen LogP contribution in [0.25, 0.3) is 0 Å². The van der Waals surface area contributed by atoms with E-state index in [0.29, 0.717) is 28.7 Å². The Hall–Kier alpha value is -2.91. The minimum atomic E-state index is -0.498. The number of para-hydroxylation sites is 2. The van der Waals surface area contributed by atoms with Gasteiger partial charge in [0.2, 0.25) is 0 Å². The number of nitrogens with one attached hydrogen (secondary N) is 2. The molecule has 0 bridgehead atoms. The van der Waals surface area contributed by atoms with Gasteiger partial charge in [-0.25, -0.2) is 0 Å². The molecule has 0 radical (unpaired) electrons. The molecule has 0 aliphatic heterocycles. The zero-order valence-electron chi connectivity index (χ0n) is 14.6. The number of nitrogens with zero attached hydrogens (tertiary/aromatic N) is 2. The zero-order valence-corrected chi connectivity index (χ0v) is 16.1. The summed E-state index contributed by atoms with van der Waals surface area (Å²) >= 11 is 11.3. The predicted molar refractivity (Wildman–Crippen MR) is 109 cm³/mol. The van der Waals surface area contributed by atoms with Gasteiger partial charge in [-0.15, -0.1) is 0 Å². The summed E-state index contributed by atoms with van der Waals surface area (Å²) in [6, 6.07) is 9.53. The van der Waals surface area contributed by atoms with Crippen LogP contribution >= 0.6 is 23.8 Å². The number of thiocarbonyl (C=S) groups is 1. The molecule has 0 aromatic heterocycles. The second kappa shape index (κ2) is 9.70. The van der Waals surface area contributed by atoms with Crippen molar-refractivity contribution >= 4 is 46.5 Å². The number of ether oxygens (including phenoxy) is 2. The van der Waals surface area contributed by atoms with E-state index < -0.39 is 4.92 Å². The van der Waals surface area contributed by atoms with E-state index in [2.05, 4.69) is 15.8 Å². The van der Waals surface area contributed by atoms with E-state index in [4.69, 9.17) is 33.3 Å². The lowest BCUT2D eigenvalue weighted by molar-refractivity contribution is -0.383. The largest absolute Gasteiger partial charge is 0.493 e. The minimum Gasteiger partial charge on any atom is -0.493 e. The summed E-state index contributed by atoms with van der Waals surface area (Å²) in [6.45, 7) is 2.30. The van der Waals surface area contributed by atoms with Gasteiger partial charge in [0.15, 0.2) is 16.6 Å². The molecule has 10 heteroatoms. The molecular formula is C17H17ClN4O4S. The number of halogens is 1. The van der Waals surface area contributed by atoms with Gasteiger partial charge in [-0.3, -0.25) is 15.5 Å². The van der Waals surface area contributed by atoms with Crippen LogP contribution in [0.2, 0.25) is 5.02 Å². The van der Waals surface area contributed by atoms with Crippen molar-refractivity contribution in [3.63, 3.8) is 0 Å². The third kappa shape index (κ3) is 5.53. The summed E-state index contributed by atoms with van der Waals surface area (Å²) < 4.78 is 10.7. The van der Waals surface area contributed by atoms with E-state index in [1.165, 1.54) is 19.4 Å². The Balaban J connectivity index is 2.06. The van der Waals surface area contributed by atoms with Crippen molar-refractivity contribution in [1.29, 1.82) is 0 Å². The summed E-state index contributed by atoms with van der Waals surface area (Å²) in [5, 5.41) is 18.2. The number of methoxy groups -OCH3 is 1. The fourth-order valence-electron chi connectivity index (χ4n) is 2.15. The Morgan fingerprint density at radius 3 is 2.81 bits per heavy atom. The molecule has 0 unspecified atom stereocenters. The standard InChI is InChI=1S/C17H17ClN4O4S/c1-3-26-16-12(18)8-11(9-15(16)25-2)10-19-21-17(27)20-13-6-4-5-7-14(13)22(23)24/h4-10H,3H2,1-2H3,(H2,20,21,27)/b19-10-. The van der Waals surface area contributed by atoms with E-state index in [0.717, 1.165) is 0 Å². The number of nitro benzene ring substituents is 1. The molecule has 2 aromatic rings. The summed E-state index contributed by atoms with van der Waals surface area (Å²) in [4.78, 5) is 10.5. The average molecular weight is 409 g/mol. The summed E-state index contributed by atoms with van der Waals surface area (Å²) in [6.07, 6.45) is 1.48. The molecule has 8 nitrogen and oxygen atoms in total. The zero-order chi connectivity index (χ0) is 19.8. The molecule has 27 heavy (non-hydrogen) atoms. The second-order valence-electron chi connectivity index (χ2n) is 5.07. The van der Waals surface area contributed by atoms with Crippen LogP contribution in [0.5, 0.6) is 11.5 Å². The van der Waals surface area contributed by atoms with Gasteiger partial charge in [-0.05, 0) is 42.9 Å². The molecule has 0 atom stereocenters. The second-order valence-corrected chi connectivity index (χ2v) is 5.88. The Kier molecular flexibility index (Phi) is 7.33. The highest BCUT2D eigenvalue weighted by atomic mass is 35.5. The Morgan fingerprint density at radius 1 is 1.41 bits per heavy atom. The molecule has 0 aliphatic rings. The first-order chi connectivity index (χ1) is 13.0. The van der Waals surface area contributed by atoms with Crippen molar-refractivity contribution < 1.29 is 14.4 Å². The Labute approximate surface area is 166 Å². The monoisotopic (exact) mass is 408 g/mol. The van der Waals surface area contributed by atoms with Crippen molar-refractivity contribution in [3.8, 4) is 11.5 Å². The van der Waals surface area contributed by atoms with E-state index in [1.807, 2.05) is 6.92 Å². The predicted octanol–water partition coefficient (Wildman–Crippen LogP) is 3.98. The minimum absolute atomic E-state index is 0.0892. The molecule has 0 spiro atoms. The smallest absolute Gasteiger partial charge is 0.292 e. The van der Waals surface area contributed by atoms with Crippen LogP contribution in [0.3, 0.4) is 0 Å². The lowest BCUT2D eigenvalue weighted by Gasteiger charge is -2.11. The van der Waals surface area contributed by atoms with Crippen LogP contribution in [0, 0.1) is 10.1 Å². The number of rotatable bonds is 7. The molecule has 0 saturated carbocycles. The van der Waals surface area contributed by atoms with Gasteiger partial charge in [-0.2, -0.15) is 5.10 Å². The SMILES string of the molecule is CCOc1c(Cl)cc(/C=N\NC(=S)Nc2ccccc2[N+](=O)[O-])cc1OC. The molecule has 2 rings (SSSR count). The molecule has 0 heterocycles. The maximum Gasteiger partial charge on any atom is 0.292 e. The van der Waals surface area contributed by atoms with Crippen molar-refractivity contribution in [1.82, 2.24) is 5.43 Å². The summed E-state index contributed by atoms with van der Waals surface area (Å²) in [5.74, 6) is 0.937. The number of hydrogen-bond acceptors (Lipinski definition) is 6. The highest BCUT2D eigenvalue weighted by Crippen LogP contribution is 2.35. The van der Waals surface area contributed by atoms with E-state index in [1.54, 1.807) is 30.3 Å². The van der Waals surface area contributed by atoms with Crippen molar-refractivity contribution in [2.45, 2.75) is 6.92 Å². The normalized spacial score (nSPS) is 10.5. The molecule has 142 valence electrons. The third-order valence-corrected chi connectivity index (χ3v) is 3.74. The molecule has 0 aliphatic carbocycles. The highest BCUT2D eigenvalue weighted by molar-refractivity contribution is 7.80. The van der Waals surface area contributed by atoms with Gasteiger partial charge in [0.1, 0.15) is 5.69 Å². The lowest BCUT2D eigenvalue weighted by atomic mass is 10.2. The fourth-order valence-corrected chi connectivity index (χ4v) is 2.59. The maximum absolute atomic E-state index is 11.0. The first-order valence-corrected chi connectivity index (χ1v) is 8.58.